The standard InChI is InChI=1S/C12H15FN2O3S/c13-10-3-1-2-4-11(10)15-12(16)7-14-9-5-6-19(17,18)8-9/h1-4,9,14H,5-8H2,(H,15,16). The maximum absolute atomic E-state index is 13.3. The fourth-order valence-corrected chi connectivity index (χ4v) is 3.66. The molecule has 0 bridgehead atoms. The average molecular weight is 286 g/mol. The van der Waals surface area contributed by atoms with Crippen molar-refractivity contribution in [2.75, 3.05) is 23.4 Å². The Morgan fingerprint density at radius 2 is 2.11 bits per heavy atom. The lowest BCUT2D eigenvalue weighted by molar-refractivity contribution is -0.115. The minimum atomic E-state index is -2.96. The van der Waals surface area contributed by atoms with Gasteiger partial charge in [0, 0.05) is 6.04 Å². The van der Waals surface area contributed by atoms with Crippen LogP contribution in [0.3, 0.4) is 0 Å². The molecule has 1 saturated heterocycles. The van der Waals surface area contributed by atoms with Gasteiger partial charge in [0.15, 0.2) is 9.84 Å². The number of nitrogens with one attached hydrogen (secondary N) is 2. The topological polar surface area (TPSA) is 75.3 Å². The fraction of sp³-hybridized carbons (Fsp3) is 0.417. The van der Waals surface area contributed by atoms with E-state index in [1.165, 1.54) is 18.2 Å². The van der Waals surface area contributed by atoms with E-state index >= 15 is 0 Å². The molecule has 0 saturated carbocycles. The highest BCUT2D eigenvalue weighted by atomic mass is 32.2. The highest BCUT2D eigenvalue weighted by Crippen LogP contribution is 2.13. The first-order chi connectivity index (χ1) is 8.96. The van der Waals surface area contributed by atoms with Crippen LogP contribution in [0.1, 0.15) is 6.42 Å². The number of para-hydroxylation sites is 1. The van der Waals surface area contributed by atoms with Crippen LogP contribution in [0.15, 0.2) is 24.3 Å². The summed E-state index contributed by atoms with van der Waals surface area (Å²) in [6, 6.07) is 5.68. The Kier molecular flexibility index (Phi) is 4.16. The van der Waals surface area contributed by atoms with Crippen molar-refractivity contribution in [3.8, 4) is 0 Å². The smallest absolute Gasteiger partial charge is 0.238 e. The van der Waals surface area contributed by atoms with Crippen molar-refractivity contribution in [3.63, 3.8) is 0 Å². The van der Waals surface area contributed by atoms with Gasteiger partial charge in [0.05, 0.1) is 23.7 Å². The van der Waals surface area contributed by atoms with Crippen LogP contribution in [0.2, 0.25) is 0 Å². The van der Waals surface area contributed by atoms with Crippen molar-refractivity contribution in [1.82, 2.24) is 5.32 Å². The molecule has 0 radical (unpaired) electrons. The van der Waals surface area contributed by atoms with Gasteiger partial charge < -0.3 is 10.6 Å². The molecule has 1 aromatic carbocycles. The van der Waals surface area contributed by atoms with Gasteiger partial charge in [-0.3, -0.25) is 4.79 Å². The van der Waals surface area contributed by atoms with Gasteiger partial charge >= 0.3 is 0 Å². The molecule has 104 valence electrons. The first-order valence-corrected chi connectivity index (χ1v) is 7.76. The van der Waals surface area contributed by atoms with E-state index in [1.807, 2.05) is 0 Å². The molecule has 1 aromatic rings. The van der Waals surface area contributed by atoms with E-state index in [0.29, 0.717) is 6.42 Å². The summed E-state index contributed by atoms with van der Waals surface area (Å²) in [6.07, 6.45) is 0.509. The molecule has 1 heterocycles. The Hall–Kier alpha value is -1.47. The summed E-state index contributed by atoms with van der Waals surface area (Å²) in [6.45, 7) is -0.0332. The van der Waals surface area contributed by atoms with E-state index < -0.39 is 21.6 Å². The molecule has 1 amide bonds. The number of amides is 1. The summed E-state index contributed by atoms with van der Waals surface area (Å²) in [5.74, 6) is -0.687. The summed E-state index contributed by atoms with van der Waals surface area (Å²) in [5, 5.41) is 5.29. The second-order valence-electron chi connectivity index (χ2n) is 4.51. The first-order valence-electron chi connectivity index (χ1n) is 5.94. The molecule has 0 spiro atoms. The van der Waals surface area contributed by atoms with Gasteiger partial charge in [-0.25, -0.2) is 12.8 Å². The fourth-order valence-electron chi connectivity index (χ4n) is 1.95. The normalized spacial score (nSPS) is 21.2. The number of halogens is 1. The van der Waals surface area contributed by atoms with Gasteiger partial charge in [-0.1, -0.05) is 12.1 Å². The molecule has 5 nitrogen and oxygen atoms in total. The van der Waals surface area contributed by atoms with Crippen molar-refractivity contribution < 1.29 is 17.6 Å². The molecule has 1 aliphatic heterocycles. The molecular weight excluding hydrogens is 271 g/mol. The van der Waals surface area contributed by atoms with Crippen LogP contribution in [-0.4, -0.2) is 38.4 Å². The van der Waals surface area contributed by atoms with Gasteiger partial charge in [0.1, 0.15) is 5.82 Å². The van der Waals surface area contributed by atoms with Crippen LogP contribution in [0.25, 0.3) is 0 Å². The Balaban J connectivity index is 1.81. The first kappa shape index (κ1) is 14.0. The lowest BCUT2D eigenvalue weighted by Gasteiger charge is -2.11. The molecule has 0 aliphatic carbocycles. The SMILES string of the molecule is O=C(CNC1CCS(=O)(=O)C1)Nc1ccccc1F. The Bertz CT molecular complexity index is 574. The average Bonchev–Trinajstić information content (AvgIpc) is 2.69. The number of sulfone groups is 1. The predicted molar refractivity (Wildman–Crippen MR) is 70.1 cm³/mol. The number of benzene rings is 1. The van der Waals surface area contributed by atoms with E-state index in [0.717, 1.165) is 0 Å². The summed E-state index contributed by atoms with van der Waals surface area (Å²) in [4.78, 5) is 11.6. The molecule has 2 rings (SSSR count). The molecule has 1 atom stereocenters. The molecule has 1 fully saturated rings. The van der Waals surface area contributed by atoms with Crippen LogP contribution in [0, 0.1) is 5.82 Å². The Morgan fingerprint density at radius 3 is 2.74 bits per heavy atom. The second kappa shape index (κ2) is 5.66. The van der Waals surface area contributed by atoms with Crippen LogP contribution in [0.5, 0.6) is 0 Å². The largest absolute Gasteiger partial charge is 0.322 e. The third-order valence-electron chi connectivity index (χ3n) is 2.93. The molecule has 1 unspecified atom stereocenters. The molecular formula is C12H15FN2O3S. The quantitative estimate of drug-likeness (QED) is 0.847. The van der Waals surface area contributed by atoms with Gasteiger partial charge in [0.2, 0.25) is 5.91 Å². The van der Waals surface area contributed by atoms with Crippen LogP contribution in [0.4, 0.5) is 10.1 Å². The van der Waals surface area contributed by atoms with Gasteiger partial charge in [-0.15, -0.1) is 0 Å². The van der Waals surface area contributed by atoms with Crippen molar-refractivity contribution in [3.05, 3.63) is 30.1 Å². The van der Waals surface area contributed by atoms with Crippen LogP contribution in [-0.2, 0) is 14.6 Å². The van der Waals surface area contributed by atoms with Crippen molar-refractivity contribution >= 4 is 21.4 Å². The summed E-state index contributed by atoms with van der Waals surface area (Å²) >= 11 is 0. The monoisotopic (exact) mass is 286 g/mol. The zero-order chi connectivity index (χ0) is 13.9. The maximum atomic E-state index is 13.3. The molecule has 7 heteroatoms. The van der Waals surface area contributed by atoms with E-state index in [-0.39, 0.29) is 29.8 Å². The van der Waals surface area contributed by atoms with E-state index in [2.05, 4.69) is 10.6 Å². The summed E-state index contributed by atoms with van der Waals surface area (Å²) < 4.78 is 35.7. The number of carbonyl (C=O) groups is 1. The third kappa shape index (κ3) is 4.00. The van der Waals surface area contributed by atoms with Crippen molar-refractivity contribution in [2.45, 2.75) is 12.5 Å². The Morgan fingerprint density at radius 1 is 1.37 bits per heavy atom. The van der Waals surface area contributed by atoms with Gasteiger partial charge in [-0.2, -0.15) is 0 Å². The third-order valence-corrected chi connectivity index (χ3v) is 4.70. The number of rotatable bonds is 4. The predicted octanol–water partition coefficient (Wildman–Crippen LogP) is 0.541. The number of carbonyl (C=O) groups excluding carboxylic acids is 1. The van der Waals surface area contributed by atoms with Crippen LogP contribution >= 0.6 is 0 Å². The zero-order valence-corrected chi connectivity index (χ0v) is 11.0. The van der Waals surface area contributed by atoms with E-state index in [1.54, 1.807) is 6.07 Å². The number of hydrogen-bond donors (Lipinski definition) is 2. The number of hydrogen-bond acceptors (Lipinski definition) is 4. The summed E-state index contributed by atoms with van der Waals surface area (Å²) in [5.41, 5.74) is 0.119. The highest BCUT2D eigenvalue weighted by molar-refractivity contribution is 7.91. The molecule has 0 aromatic heterocycles. The van der Waals surface area contributed by atoms with E-state index in [4.69, 9.17) is 0 Å². The summed E-state index contributed by atoms with van der Waals surface area (Å²) in [7, 11) is -2.96. The lowest BCUT2D eigenvalue weighted by atomic mass is 10.2. The molecule has 1 aliphatic rings. The number of anilines is 1. The van der Waals surface area contributed by atoms with Crippen molar-refractivity contribution in [2.24, 2.45) is 0 Å². The lowest BCUT2D eigenvalue weighted by Crippen LogP contribution is -2.36. The molecule has 19 heavy (non-hydrogen) atoms. The van der Waals surface area contributed by atoms with Crippen molar-refractivity contribution in [1.29, 1.82) is 0 Å². The Labute approximate surface area is 111 Å². The van der Waals surface area contributed by atoms with Gasteiger partial charge in [-0.05, 0) is 18.6 Å². The minimum absolute atomic E-state index is 0.0332. The van der Waals surface area contributed by atoms with Crippen LogP contribution < -0.4 is 10.6 Å². The maximum Gasteiger partial charge on any atom is 0.238 e. The minimum Gasteiger partial charge on any atom is -0.322 e. The molecule has 2 N–H and O–H groups in total. The van der Waals surface area contributed by atoms with Gasteiger partial charge in [0.25, 0.3) is 0 Å². The second-order valence-corrected chi connectivity index (χ2v) is 6.74. The highest BCUT2D eigenvalue weighted by Gasteiger charge is 2.27. The van der Waals surface area contributed by atoms with E-state index in [9.17, 15) is 17.6 Å². The zero-order valence-electron chi connectivity index (χ0n) is 10.2.